The molecule has 8 heteroatoms. The number of ether oxygens (including phenoxy) is 1. The molecule has 0 amide bonds. The van der Waals surface area contributed by atoms with Gasteiger partial charge in [0.05, 0.1) is 16.8 Å². The minimum absolute atomic E-state index is 0.0727. The molecule has 126 valence electrons. The number of hydrogen-bond acceptors (Lipinski definition) is 6. The summed E-state index contributed by atoms with van der Waals surface area (Å²) in [5, 5.41) is 18.7. The third-order valence-electron chi connectivity index (χ3n) is 3.23. The fourth-order valence-corrected chi connectivity index (χ4v) is 2.04. The largest absolute Gasteiger partial charge is 0.471 e. The van der Waals surface area contributed by atoms with Crippen molar-refractivity contribution in [3.05, 3.63) is 82.7 Å². The molecule has 0 radical (unpaired) electrons. The van der Waals surface area contributed by atoms with Crippen LogP contribution in [-0.4, -0.2) is 20.9 Å². The van der Waals surface area contributed by atoms with E-state index in [1.54, 1.807) is 12.3 Å². The lowest BCUT2D eigenvalue weighted by Gasteiger charge is -2.06. The van der Waals surface area contributed by atoms with E-state index in [2.05, 4.69) is 15.6 Å². The second kappa shape index (κ2) is 7.73. The van der Waals surface area contributed by atoms with Gasteiger partial charge in [-0.05, 0) is 29.8 Å². The molecule has 0 bridgehead atoms. The van der Waals surface area contributed by atoms with E-state index in [9.17, 15) is 10.1 Å². The van der Waals surface area contributed by atoms with Gasteiger partial charge in [-0.25, -0.2) is 4.68 Å². The number of hydrogen-bond donors (Lipinski definition) is 1. The van der Waals surface area contributed by atoms with Crippen LogP contribution in [0.3, 0.4) is 0 Å². The molecule has 0 aliphatic heterocycles. The zero-order chi connectivity index (χ0) is 17.5. The first-order valence-electron chi connectivity index (χ1n) is 7.44. The molecule has 0 atom stereocenters. The molecule has 2 aromatic carbocycles. The highest BCUT2D eigenvalue weighted by Crippen LogP contribution is 2.14. The predicted octanol–water partition coefficient (Wildman–Crippen LogP) is 3.27. The molecule has 8 nitrogen and oxygen atoms in total. The van der Waals surface area contributed by atoms with Crippen LogP contribution in [0.2, 0.25) is 0 Å². The van der Waals surface area contributed by atoms with E-state index in [1.165, 1.54) is 17.1 Å². The molecule has 1 heterocycles. The Balaban J connectivity index is 1.58. The first-order valence-corrected chi connectivity index (χ1v) is 7.44. The van der Waals surface area contributed by atoms with Crippen molar-refractivity contribution in [1.82, 2.24) is 9.78 Å². The normalized spacial score (nSPS) is 10.7. The molecule has 3 aromatic rings. The van der Waals surface area contributed by atoms with Crippen molar-refractivity contribution in [2.75, 3.05) is 5.43 Å². The van der Waals surface area contributed by atoms with Crippen LogP contribution >= 0.6 is 0 Å². The number of para-hydroxylation sites is 1. The van der Waals surface area contributed by atoms with Crippen LogP contribution in [0.15, 0.2) is 72.1 Å². The van der Waals surface area contributed by atoms with E-state index < -0.39 is 4.92 Å². The van der Waals surface area contributed by atoms with Crippen molar-refractivity contribution in [2.24, 2.45) is 5.10 Å². The lowest BCUT2D eigenvalue weighted by molar-refractivity contribution is -0.385. The van der Waals surface area contributed by atoms with E-state index in [4.69, 9.17) is 4.74 Å². The molecule has 3 rings (SSSR count). The summed E-state index contributed by atoms with van der Waals surface area (Å²) in [6, 6.07) is 16.9. The van der Waals surface area contributed by atoms with Crippen LogP contribution in [0.4, 0.5) is 11.4 Å². The second-order valence-electron chi connectivity index (χ2n) is 5.08. The van der Waals surface area contributed by atoms with E-state index in [-0.39, 0.29) is 12.4 Å². The Kier molecular flexibility index (Phi) is 5.01. The lowest BCUT2D eigenvalue weighted by atomic mass is 10.2. The highest BCUT2D eigenvalue weighted by molar-refractivity contribution is 5.80. The van der Waals surface area contributed by atoms with Crippen LogP contribution in [0.25, 0.3) is 0 Å². The van der Waals surface area contributed by atoms with Gasteiger partial charge in [0.1, 0.15) is 18.1 Å². The summed E-state index contributed by atoms with van der Waals surface area (Å²) in [6.45, 7) is 0.0801. The number of nitro groups is 1. The average molecular weight is 337 g/mol. The molecular formula is C17H15N5O3. The predicted molar refractivity (Wildman–Crippen MR) is 93.6 cm³/mol. The van der Waals surface area contributed by atoms with Gasteiger partial charge < -0.3 is 4.74 Å². The van der Waals surface area contributed by atoms with Crippen molar-refractivity contribution in [2.45, 2.75) is 6.73 Å². The van der Waals surface area contributed by atoms with Gasteiger partial charge in [-0.15, -0.1) is 0 Å². The third kappa shape index (κ3) is 4.64. The van der Waals surface area contributed by atoms with E-state index >= 15 is 0 Å². The maximum Gasteiger partial charge on any atom is 0.307 e. The molecule has 25 heavy (non-hydrogen) atoms. The number of rotatable bonds is 7. The Labute approximate surface area is 143 Å². The topological polar surface area (TPSA) is 94.6 Å². The number of hydrazone groups is 1. The molecular weight excluding hydrogens is 322 g/mol. The zero-order valence-corrected chi connectivity index (χ0v) is 13.1. The smallest absolute Gasteiger partial charge is 0.307 e. The van der Waals surface area contributed by atoms with Crippen LogP contribution in [0.1, 0.15) is 5.56 Å². The van der Waals surface area contributed by atoms with Crippen LogP contribution in [-0.2, 0) is 6.73 Å². The van der Waals surface area contributed by atoms with Gasteiger partial charge in [-0.1, -0.05) is 30.3 Å². The Morgan fingerprint density at radius 2 is 2.08 bits per heavy atom. The number of benzene rings is 2. The minimum atomic E-state index is -0.500. The van der Waals surface area contributed by atoms with E-state index in [0.717, 1.165) is 11.3 Å². The van der Waals surface area contributed by atoms with Crippen LogP contribution in [0.5, 0.6) is 5.75 Å². The second-order valence-corrected chi connectivity index (χ2v) is 5.08. The van der Waals surface area contributed by atoms with Crippen molar-refractivity contribution in [3.63, 3.8) is 0 Å². The average Bonchev–Trinajstić information content (AvgIpc) is 3.11. The molecule has 0 aliphatic rings. The molecule has 1 N–H and O–H groups in total. The highest BCUT2D eigenvalue weighted by Gasteiger charge is 2.08. The van der Waals surface area contributed by atoms with E-state index in [0.29, 0.717) is 5.75 Å². The third-order valence-corrected chi connectivity index (χ3v) is 3.23. The summed E-state index contributed by atoms with van der Waals surface area (Å²) < 4.78 is 6.94. The lowest BCUT2D eigenvalue weighted by Crippen LogP contribution is -2.05. The standard InChI is InChI=1S/C17H15N5O3/c23-22(24)16-11-19-21(12-16)13-25-17-8-4-5-14(9-17)10-18-20-15-6-2-1-3-7-15/h1-12,20H,13H2. The van der Waals surface area contributed by atoms with Gasteiger partial charge >= 0.3 is 5.69 Å². The number of anilines is 1. The maximum atomic E-state index is 10.6. The van der Waals surface area contributed by atoms with Crippen molar-refractivity contribution < 1.29 is 9.66 Å². The van der Waals surface area contributed by atoms with Gasteiger partial charge in [0.25, 0.3) is 0 Å². The van der Waals surface area contributed by atoms with Gasteiger partial charge in [0.2, 0.25) is 0 Å². The van der Waals surface area contributed by atoms with Gasteiger partial charge in [-0.3, -0.25) is 15.5 Å². The zero-order valence-electron chi connectivity index (χ0n) is 13.1. The number of nitrogens with one attached hydrogen (secondary N) is 1. The molecule has 0 saturated carbocycles. The Morgan fingerprint density at radius 1 is 1.24 bits per heavy atom. The molecule has 0 saturated heterocycles. The van der Waals surface area contributed by atoms with Crippen molar-refractivity contribution >= 4 is 17.6 Å². The van der Waals surface area contributed by atoms with Gasteiger partial charge in [0.15, 0.2) is 6.73 Å². The minimum Gasteiger partial charge on any atom is -0.471 e. The quantitative estimate of drug-likeness (QED) is 0.405. The Morgan fingerprint density at radius 3 is 2.84 bits per heavy atom. The number of aromatic nitrogens is 2. The summed E-state index contributed by atoms with van der Waals surface area (Å²) >= 11 is 0. The molecule has 0 fully saturated rings. The summed E-state index contributed by atoms with van der Waals surface area (Å²) in [6.07, 6.45) is 4.18. The Hall–Kier alpha value is -3.68. The first kappa shape index (κ1) is 16.2. The molecule has 1 aromatic heterocycles. The van der Waals surface area contributed by atoms with Crippen molar-refractivity contribution in [3.8, 4) is 5.75 Å². The van der Waals surface area contributed by atoms with Crippen LogP contribution < -0.4 is 10.2 Å². The summed E-state index contributed by atoms with van der Waals surface area (Å²) in [4.78, 5) is 10.1. The van der Waals surface area contributed by atoms with E-state index in [1.807, 2.05) is 48.5 Å². The monoisotopic (exact) mass is 337 g/mol. The summed E-state index contributed by atoms with van der Waals surface area (Å²) in [5.74, 6) is 0.613. The van der Waals surface area contributed by atoms with Crippen LogP contribution in [0, 0.1) is 10.1 Å². The molecule has 0 aliphatic carbocycles. The maximum absolute atomic E-state index is 10.6. The Bertz CT molecular complexity index is 877. The summed E-state index contributed by atoms with van der Waals surface area (Å²) in [7, 11) is 0. The fraction of sp³-hybridized carbons (Fsp3) is 0.0588. The molecule has 0 unspecified atom stereocenters. The fourth-order valence-electron chi connectivity index (χ4n) is 2.04. The number of nitrogens with zero attached hydrogens (tertiary/aromatic N) is 4. The van der Waals surface area contributed by atoms with Crippen molar-refractivity contribution in [1.29, 1.82) is 0 Å². The first-order chi connectivity index (χ1) is 12.2. The summed E-state index contributed by atoms with van der Waals surface area (Å²) in [5.41, 5.74) is 4.61. The highest BCUT2D eigenvalue weighted by atomic mass is 16.6. The van der Waals surface area contributed by atoms with Gasteiger partial charge in [-0.2, -0.15) is 10.2 Å². The van der Waals surface area contributed by atoms with Gasteiger partial charge in [0, 0.05) is 0 Å². The molecule has 0 spiro atoms. The SMILES string of the molecule is O=[N+]([O-])c1cnn(COc2cccc(C=NNc3ccccc3)c2)c1.